The van der Waals surface area contributed by atoms with Gasteiger partial charge in [-0.25, -0.2) is 0 Å². The smallest absolute Gasteiger partial charge is 0.252 e. The van der Waals surface area contributed by atoms with E-state index in [4.69, 9.17) is 11.6 Å². The van der Waals surface area contributed by atoms with Crippen LogP contribution in [0.5, 0.6) is 5.75 Å². The van der Waals surface area contributed by atoms with Gasteiger partial charge >= 0.3 is 0 Å². The molecule has 1 aromatic rings. The maximum atomic E-state index is 12.0. The van der Waals surface area contributed by atoms with Gasteiger partial charge in [-0.1, -0.05) is 69.2 Å². The summed E-state index contributed by atoms with van der Waals surface area (Å²) in [5, 5.41) is 10.7. The van der Waals surface area contributed by atoms with Gasteiger partial charge in [-0.3, -0.25) is 4.79 Å². The Morgan fingerprint density at radius 3 is 1.35 bits per heavy atom. The van der Waals surface area contributed by atoms with Gasteiger partial charge in [0, 0.05) is 16.7 Å². The van der Waals surface area contributed by atoms with Gasteiger partial charge in [-0.15, -0.1) is 0 Å². The third-order valence-electron chi connectivity index (χ3n) is 4.74. The van der Waals surface area contributed by atoms with Gasteiger partial charge < -0.3 is 5.11 Å². The highest BCUT2D eigenvalue weighted by Gasteiger charge is 2.35. The highest BCUT2D eigenvalue weighted by atomic mass is 35.5. The second-order valence-corrected chi connectivity index (χ2v) is 11.8. The summed E-state index contributed by atoms with van der Waals surface area (Å²) in [5.41, 5.74) is 1.69. The Bertz CT molecular complexity index is 621. The number of hydrogen-bond acceptors (Lipinski definition) is 2. The molecule has 3 heteroatoms. The number of phenolic OH excluding ortho intramolecular Hbond substituents is 1. The summed E-state index contributed by atoms with van der Waals surface area (Å²) in [5.74, 6) is 0.301. The molecule has 0 fully saturated rings. The summed E-state index contributed by atoms with van der Waals surface area (Å²) in [6.07, 6.45) is 1.76. The second-order valence-electron chi connectivity index (χ2n) is 11.4. The molecular weight excluding hydrogens is 344 g/mol. The molecule has 0 radical (unpaired) electrons. The number of hydrogen-bond donors (Lipinski definition) is 1. The molecule has 0 aliphatic rings. The van der Waals surface area contributed by atoms with Gasteiger partial charge in [-0.2, -0.15) is 0 Å². The van der Waals surface area contributed by atoms with E-state index < -0.39 is 5.24 Å². The Kier molecular flexibility index (Phi) is 6.36. The molecule has 0 saturated heterocycles. The quantitative estimate of drug-likeness (QED) is 0.548. The fraction of sp³-hybridized carbons (Fsp3) is 0.696. The van der Waals surface area contributed by atoms with Crippen molar-refractivity contribution in [2.24, 2.45) is 10.8 Å². The molecule has 0 aliphatic heterocycles. The van der Waals surface area contributed by atoms with Crippen LogP contribution in [-0.4, -0.2) is 10.3 Å². The summed E-state index contributed by atoms with van der Waals surface area (Å²) in [4.78, 5) is 12.0. The van der Waals surface area contributed by atoms with Gasteiger partial charge in [0.05, 0.1) is 0 Å². The largest absolute Gasteiger partial charge is 0.507 e. The minimum atomic E-state index is -0.481. The Labute approximate surface area is 165 Å². The maximum Gasteiger partial charge on any atom is 0.252 e. The van der Waals surface area contributed by atoms with Gasteiger partial charge in [-0.05, 0) is 58.2 Å². The van der Waals surface area contributed by atoms with Gasteiger partial charge in [0.15, 0.2) is 0 Å². The van der Waals surface area contributed by atoms with E-state index in [1.54, 1.807) is 12.1 Å². The number of benzene rings is 1. The molecule has 1 rings (SSSR count). The predicted molar refractivity (Wildman–Crippen MR) is 112 cm³/mol. The van der Waals surface area contributed by atoms with Crippen LogP contribution in [0.25, 0.3) is 0 Å². The molecule has 148 valence electrons. The topological polar surface area (TPSA) is 37.3 Å². The van der Waals surface area contributed by atoms with E-state index in [2.05, 4.69) is 69.2 Å². The molecule has 1 aromatic carbocycles. The molecule has 0 amide bonds. The van der Waals surface area contributed by atoms with Crippen LogP contribution in [0.4, 0.5) is 0 Å². The minimum absolute atomic E-state index is 0.0952. The lowest BCUT2D eigenvalue weighted by Crippen LogP contribution is -2.28. The van der Waals surface area contributed by atoms with Crippen LogP contribution >= 0.6 is 11.6 Å². The first-order chi connectivity index (χ1) is 11.4. The number of carbonyl (C=O) groups excluding carboxylic acids is 1. The average Bonchev–Trinajstić information content (AvgIpc) is 2.31. The summed E-state index contributed by atoms with van der Waals surface area (Å²) in [6.45, 7) is 21.6. The van der Waals surface area contributed by atoms with Crippen molar-refractivity contribution in [2.45, 2.75) is 92.9 Å². The maximum absolute atomic E-state index is 12.0. The van der Waals surface area contributed by atoms with Gasteiger partial charge in [0.2, 0.25) is 0 Å². The lowest BCUT2D eigenvalue weighted by atomic mass is 9.68. The van der Waals surface area contributed by atoms with Crippen LogP contribution < -0.4 is 0 Å². The zero-order valence-electron chi connectivity index (χ0n) is 18.3. The number of carbonyl (C=O) groups is 1. The summed E-state index contributed by atoms with van der Waals surface area (Å²) < 4.78 is 0. The Balaban J connectivity index is 3.65. The fourth-order valence-electron chi connectivity index (χ4n) is 4.62. The molecule has 26 heavy (non-hydrogen) atoms. The van der Waals surface area contributed by atoms with Crippen molar-refractivity contribution in [1.82, 2.24) is 0 Å². The third-order valence-corrected chi connectivity index (χ3v) is 4.96. The summed E-state index contributed by atoms with van der Waals surface area (Å²) in [6, 6.07) is 3.54. The van der Waals surface area contributed by atoms with Crippen molar-refractivity contribution >= 4 is 16.8 Å². The normalized spacial score (nSPS) is 13.8. The SMILES string of the molecule is CC(C)(C)CC(C)(C)c1cc(C(=O)Cl)cc(C(C)(C)CC(C)(C)C)c1O. The van der Waals surface area contributed by atoms with Gasteiger partial charge in [0.1, 0.15) is 5.75 Å². The van der Waals surface area contributed by atoms with Crippen LogP contribution in [0, 0.1) is 10.8 Å². The van der Waals surface area contributed by atoms with Crippen molar-refractivity contribution in [1.29, 1.82) is 0 Å². The highest BCUT2D eigenvalue weighted by Crippen LogP contribution is 2.47. The fourth-order valence-corrected chi connectivity index (χ4v) is 4.73. The molecule has 0 heterocycles. The van der Waals surface area contributed by atoms with Crippen LogP contribution in [0.3, 0.4) is 0 Å². The molecule has 0 unspecified atom stereocenters. The molecule has 0 spiro atoms. The lowest BCUT2D eigenvalue weighted by molar-refractivity contribution is 0.108. The van der Waals surface area contributed by atoms with E-state index in [-0.39, 0.29) is 21.7 Å². The Hall–Kier alpha value is -1.02. The van der Waals surface area contributed by atoms with Crippen molar-refractivity contribution in [3.63, 3.8) is 0 Å². The summed E-state index contributed by atoms with van der Waals surface area (Å²) >= 11 is 5.85. The molecule has 1 N–H and O–H groups in total. The standard InChI is InChI=1S/C23H37ClO2/c1-20(2,3)13-22(7,8)16-11-15(19(24)26)12-17(18(16)25)23(9,10)14-21(4,5)6/h11-12,25H,13-14H2,1-10H3. The second kappa shape index (κ2) is 7.19. The number of rotatable bonds is 5. The lowest BCUT2D eigenvalue weighted by Gasteiger charge is -2.37. The molecule has 0 saturated carbocycles. The van der Waals surface area contributed by atoms with Crippen LogP contribution in [0.15, 0.2) is 12.1 Å². The van der Waals surface area contributed by atoms with Crippen LogP contribution in [0.1, 0.15) is 104 Å². The van der Waals surface area contributed by atoms with Crippen molar-refractivity contribution in [3.05, 3.63) is 28.8 Å². The zero-order valence-corrected chi connectivity index (χ0v) is 19.1. The van der Waals surface area contributed by atoms with E-state index in [1.807, 2.05) is 0 Å². The number of halogens is 1. The number of aromatic hydroxyl groups is 1. The highest BCUT2D eigenvalue weighted by molar-refractivity contribution is 6.67. The predicted octanol–water partition coefficient (Wildman–Crippen LogP) is 7.20. The first-order valence-corrected chi connectivity index (χ1v) is 9.81. The molecule has 0 atom stereocenters. The first kappa shape index (κ1) is 23.0. The van der Waals surface area contributed by atoms with E-state index in [1.165, 1.54) is 0 Å². The van der Waals surface area contributed by atoms with Crippen molar-refractivity contribution in [3.8, 4) is 5.75 Å². The molecule has 0 bridgehead atoms. The van der Waals surface area contributed by atoms with E-state index in [9.17, 15) is 9.90 Å². The number of phenols is 1. The Morgan fingerprint density at radius 2 is 1.12 bits per heavy atom. The monoisotopic (exact) mass is 380 g/mol. The van der Waals surface area contributed by atoms with Crippen molar-refractivity contribution < 1.29 is 9.90 Å². The zero-order chi connectivity index (χ0) is 20.7. The molecule has 0 aromatic heterocycles. The van der Waals surface area contributed by atoms with E-state index in [0.29, 0.717) is 11.3 Å². The average molecular weight is 381 g/mol. The minimum Gasteiger partial charge on any atom is -0.507 e. The van der Waals surface area contributed by atoms with Crippen molar-refractivity contribution in [2.75, 3.05) is 0 Å². The first-order valence-electron chi connectivity index (χ1n) is 9.44. The molecule has 0 aliphatic carbocycles. The molecular formula is C23H37ClO2. The van der Waals surface area contributed by atoms with E-state index in [0.717, 1.165) is 24.0 Å². The third kappa shape index (κ3) is 6.01. The summed E-state index contributed by atoms with van der Waals surface area (Å²) in [7, 11) is 0. The van der Waals surface area contributed by atoms with Crippen LogP contribution in [0.2, 0.25) is 0 Å². The Morgan fingerprint density at radius 1 is 0.808 bits per heavy atom. The van der Waals surface area contributed by atoms with Gasteiger partial charge in [0.25, 0.3) is 5.24 Å². The molecule has 2 nitrogen and oxygen atoms in total. The van der Waals surface area contributed by atoms with E-state index >= 15 is 0 Å². The van der Waals surface area contributed by atoms with Crippen LogP contribution in [-0.2, 0) is 10.8 Å².